The third kappa shape index (κ3) is 6.97. The van der Waals surface area contributed by atoms with Gasteiger partial charge in [-0.3, -0.25) is 5.01 Å². The van der Waals surface area contributed by atoms with Crippen molar-refractivity contribution in [2.75, 3.05) is 25.7 Å². The molecule has 0 spiro atoms. The van der Waals surface area contributed by atoms with E-state index in [1.165, 1.54) is 13.3 Å². The van der Waals surface area contributed by atoms with Gasteiger partial charge in [-0.05, 0) is 60.9 Å². The molecule has 2 aromatic carbocycles. The lowest BCUT2D eigenvalue weighted by molar-refractivity contribution is 0.216. The van der Waals surface area contributed by atoms with Gasteiger partial charge in [-0.25, -0.2) is 21.5 Å². The summed E-state index contributed by atoms with van der Waals surface area (Å²) in [4.78, 5) is 12.3. The number of hydrazine groups is 2. The molecule has 0 aliphatic carbocycles. The Balaban J connectivity index is 2.23. The van der Waals surface area contributed by atoms with Crippen LogP contribution < -0.4 is 31.5 Å². The monoisotopic (exact) mass is 468 g/mol. The van der Waals surface area contributed by atoms with Crippen molar-refractivity contribution in [3.8, 4) is 11.5 Å². The van der Waals surface area contributed by atoms with Crippen molar-refractivity contribution in [2.24, 2.45) is 11.7 Å². The molecule has 0 fully saturated rings. The van der Waals surface area contributed by atoms with E-state index >= 15 is 0 Å². The molecule has 34 heavy (non-hydrogen) atoms. The van der Waals surface area contributed by atoms with Crippen LogP contribution in [0.1, 0.15) is 42.9 Å². The highest BCUT2D eigenvalue weighted by Crippen LogP contribution is 2.31. The second-order valence-corrected chi connectivity index (χ2v) is 7.87. The van der Waals surface area contributed by atoms with Crippen LogP contribution >= 0.6 is 0 Å². The highest BCUT2D eigenvalue weighted by atomic mass is 16.5. The summed E-state index contributed by atoms with van der Waals surface area (Å²) in [6.45, 7) is 5.12. The van der Waals surface area contributed by atoms with Crippen molar-refractivity contribution in [3.05, 3.63) is 59.2 Å². The molecule has 6 N–H and O–H groups in total. The summed E-state index contributed by atoms with van der Waals surface area (Å²) >= 11 is 0. The summed E-state index contributed by atoms with van der Waals surface area (Å²) in [7, 11) is 2.97. The number of rotatable bonds is 12. The maximum Gasteiger partial charge on any atom is 0.352 e. The van der Waals surface area contributed by atoms with Crippen molar-refractivity contribution in [2.45, 2.75) is 39.7 Å². The number of nitrogens with one attached hydrogen (secondary N) is 2. The molecular formula is C25H36N6O3. The molecule has 9 nitrogen and oxygen atoms in total. The van der Waals surface area contributed by atoms with Crippen molar-refractivity contribution < 1.29 is 14.3 Å². The molecule has 0 bridgehead atoms. The van der Waals surface area contributed by atoms with Gasteiger partial charge in [0.1, 0.15) is 18.1 Å². The zero-order valence-corrected chi connectivity index (χ0v) is 20.4. The van der Waals surface area contributed by atoms with Gasteiger partial charge in [-0.1, -0.05) is 25.8 Å². The molecule has 0 saturated carbocycles. The summed E-state index contributed by atoms with van der Waals surface area (Å²) in [5, 5.41) is 12.8. The first-order chi connectivity index (χ1) is 16.3. The Morgan fingerprint density at radius 2 is 1.94 bits per heavy atom. The predicted molar refractivity (Wildman–Crippen MR) is 137 cm³/mol. The number of ether oxygens (including phenoxy) is 2. The first-order valence-corrected chi connectivity index (χ1v) is 11.3. The summed E-state index contributed by atoms with van der Waals surface area (Å²) in [5.41, 5.74) is 3.86. The first-order valence-electron chi connectivity index (χ1n) is 11.3. The number of nitrogens with two attached hydrogens (primary N) is 2. The van der Waals surface area contributed by atoms with E-state index in [0.29, 0.717) is 22.7 Å². The second kappa shape index (κ2) is 13.2. The largest absolute Gasteiger partial charge is 0.496 e. The van der Waals surface area contributed by atoms with Gasteiger partial charge >= 0.3 is 6.03 Å². The fourth-order valence-electron chi connectivity index (χ4n) is 3.46. The van der Waals surface area contributed by atoms with Crippen LogP contribution in [0.5, 0.6) is 11.5 Å². The fraction of sp³-hybridized carbons (Fsp3) is 0.360. The van der Waals surface area contributed by atoms with Crippen LogP contribution in [0.4, 0.5) is 10.5 Å². The molecule has 0 aliphatic rings. The molecule has 9 heteroatoms. The van der Waals surface area contributed by atoms with Crippen molar-refractivity contribution in [1.29, 1.82) is 5.41 Å². The lowest BCUT2D eigenvalue weighted by Gasteiger charge is -2.24. The summed E-state index contributed by atoms with van der Waals surface area (Å²) in [6.07, 6.45) is 6.43. The van der Waals surface area contributed by atoms with E-state index in [9.17, 15) is 4.79 Å². The quantitative estimate of drug-likeness (QED) is 0.123. The maximum absolute atomic E-state index is 12.3. The van der Waals surface area contributed by atoms with Crippen LogP contribution in [0.2, 0.25) is 0 Å². The smallest absolute Gasteiger partial charge is 0.352 e. The van der Waals surface area contributed by atoms with Crippen molar-refractivity contribution >= 4 is 23.6 Å². The molecule has 2 amide bonds. The SMILES string of the molecule is CCCCCN/C(=C\C=N)c1ccc(OCc2c(OC)cccc2N(N)C(=O)N(C)N)c(C)c1. The zero-order valence-electron chi connectivity index (χ0n) is 20.4. The number of hydrogen-bond acceptors (Lipinski definition) is 7. The topological polar surface area (TPSA) is 130 Å². The van der Waals surface area contributed by atoms with E-state index in [1.54, 1.807) is 31.4 Å². The average Bonchev–Trinajstić information content (AvgIpc) is 2.83. The molecular weight excluding hydrogens is 432 g/mol. The van der Waals surface area contributed by atoms with Gasteiger partial charge in [0.2, 0.25) is 0 Å². The number of amides is 2. The summed E-state index contributed by atoms with van der Waals surface area (Å²) < 4.78 is 11.6. The second-order valence-electron chi connectivity index (χ2n) is 7.87. The number of aryl methyl sites for hydroxylation is 1. The molecule has 0 aliphatic heterocycles. The lowest BCUT2D eigenvalue weighted by Crippen LogP contribution is -2.49. The minimum Gasteiger partial charge on any atom is -0.496 e. The number of carbonyl (C=O) groups excluding carboxylic acids is 1. The van der Waals surface area contributed by atoms with Crippen molar-refractivity contribution in [1.82, 2.24) is 10.3 Å². The molecule has 0 heterocycles. The molecule has 0 aromatic heterocycles. The lowest BCUT2D eigenvalue weighted by atomic mass is 10.1. The number of nitrogens with zero attached hydrogens (tertiary/aromatic N) is 2. The minimum atomic E-state index is -0.577. The number of urea groups is 1. The first kappa shape index (κ1) is 26.7. The van der Waals surface area contributed by atoms with E-state index < -0.39 is 6.03 Å². The maximum atomic E-state index is 12.3. The number of allylic oxidation sites excluding steroid dienone is 1. The third-order valence-corrected chi connectivity index (χ3v) is 5.30. The van der Waals surface area contributed by atoms with E-state index in [4.69, 9.17) is 26.6 Å². The van der Waals surface area contributed by atoms with Gasteiger partial charge in [0.05, 0.1) is 18.4 Å². The highest BCUT2D eigenvalue weighted by Gasteiger charge is 2.20. The number of benzene rings is 2. The minimum absolute atomic E-state index is 0.132. The third-order valence-electron chi connectivity index (χ3n) is 5.30. The van der Waals surface area contributed by atoms with E-state index in [2.05, 4.69) is 12.2 Å². The number of anilines is 1. The van der Waals surface area contributed by atoms with Crippen LogP contribution in [-0.2, 0) is 6.61 Å². The standard InChI is InChI=1S/C25H36N6O3/c1-5-6-7-15-29-21(13-14-26)19-11-12-23(18(2)16-19)34-17-20-22(9-8-10-24(20)33-4)31(28)25(32)30(3)27/h8-14,16,26,29H,5-7,15,17,27-28H2,1-4H3/b21-13-,26-14?. The summed E-state index contributed by atoms with van der Waals surface area (Å²) in [6, 6.07) is 10.5. The molecule has 184 valence electrons. The number of carbonyl (C=O) groups is 1. The normalized spacial score (nSPS) is 11.1. The van der Waals surface area contributed by atoms with Gasteiger partial charge in [0.15, 0.2) is 0 Å². The van der Waals surface area contributed by atoms with Gasteiger partial charge in [-0.15, -0.1) is 0 Å². The molecule has 0 atom stereocenters. The Hall–Kier alpha value is -3.56. The van der Waals surface area contributed by atoms with E-state index in [-0.39, 0.29) is 6.61 Å². The summed E-state index contributed by atoms with van der Waals surface area (Å²) in [5.74, 6) is 12.8. The van der Waals surface area contributed by atoms with Crippen LogP contribution in [-0.4, -0.2) is 38.0 Å². The molecule has 0 radical (unpaired) electrons. The Bertz CT molecular complexity index is 1010. The molecule has 2 aromatic rings. The van der Waals surface area contributed by atoms with Crippen molar-refractivity contribution in [3.63, 3.8) is 0 Å². The zero-order chi connectivity index (χ0) is 25.1. The highest BCUT2D eigenvalue weighted by molar-refractivity contribution is 5.91. The average molecular weight is 469 g/mol. The van der Waals surface area contributed by atoms with E-state index in [1.807, 2.05) is 25.1 Å². The van der Waals surface area contributed by atoms with Gasteiger partial charge in [0.25, 0.3) is 0 Å². The Labute approximate surface area is 201 Å². The van der Waals surface area contributed by atoms with Crippen LogP contribution in [0.25, 0.3) is 5.70 Å². The Kier molecular flexibility index (Phi) is 10.4. The molecule has 2 rings (SSSR count). The number of hydrogen-bond donors (Lipinski definition) is 4. The Morgan fingerprint density at radius 3 is 2.56 bits per heavy atom. The van der Waals surface area contributed by atoms with Gasteiger partial charge < -0.3 is 20.2 Å². The predicted octanol–water partition coefficient (Wildman–Crippen LogP) is 3.96. The number of unbranched alkanes of at least 4 members (excludes halogenated alkanes) is 2. The van der Waals surface area contributed by atoms with Crippen LogP contribution in [0.15, 0.2) is 42.5 Å². The van der Waals surface area contributed by atoms with Gasteiger partial charge in [-0.2, -0.15) is 0 Å². The fourth-order valence-corrected chi connectivity index (χ4v) is 3.46. The van der Waals surface area contributed by atoms with Crippen LogP contribution in [0.3, 0.4) is 0 Å². The van der Waals surface area contributed by atoms with Crippen LogP contribution in [0, 0.1) is 12.3 Å². The van der Waals surface area contributed by atoms with E-state index in [0.717, 1.165) is 52.6 Å². The Morgan fingerprint density at radius 1 is 1.18 bits per heavy atom. The molecule has 0 unspecified atom stereocenters. The molecule has 0 saturated heterocycles. The van der Waals surface area contributed by atoms with Gasteiger partial charge in [0, 0.05) is 25.5 Å². The number of methoxy groups -OCH3 is 1.